The van der Waals surface area contributed by atoms with Gasteiger partial charge in [-0.3, -0.25) is 4.99 Å². The molecule has 0 N–H and O–H groups in total. The first-order valence-corrected chi connectivity index (χ1v) is 7.31. The highest BCUT2D eigenvalue weighted by molar-refractivity contribution is 5.98. The fraction of sp³-hybridized carbons (Fsp3) is 0.562. The summed E-state index contributed by atoms with van der Waals surface area (Å²) < 4.78 is 0. The van der Waals surface area contributed by atoms with Gasteiger partial charge in [0.2, 0.25) is 5.96 Å². The molecule has 102 valence electrons. The van der Waals surface area contributed by atoms with Crippen LogP contribution in [0.5, 0.6) is 0 Å². The van der Waals surface area contributed by atoms with Gasteiger partial charge in [0, 0.05) is 25.3 Å². The molecule has 0 amide bonds. The number of benzene rings is 1. The molecular formula is C16H23N3. The first-order valence-electron chi connectivity index (χ1n) is 7.31. The zero-order valence-electron chi connectivity index (χ0n) is 12.2. The molecule has 3 heteroatoms. The van der Waals surface area contributed by atoms with Crippen LogP contribution < -0.4 is 4.90 Å². The lowest BCUT2D eigenvalue weighted by molar-refractivity contribution is 0.451. The van der Waals surface area contributed by atoms with Crippen LogP contribution in [0, 0.1) is 20.8 Å². The fourth-order valence-electron chi connectivity index (χ4n) is 3.08. The highest BCUT2D eigenvalue weighted by atomic mass is 15.4. The predicted octanol–water partition coefficient (Wildman–Crippen LogP) is 2.88. The van der Waals surface area contributed by atoms with E-state index in [4.69, 9.17) is 4.99 Å². The summed E-state index contributed by atoms with van der Waals surface area (Å²) in [6.07, 6.45) is 2.53. The number of hydrogen-bond acceptors (Lipinski definition) is 3. The van der Waals surface area contributed by atoms with Crippen molar-refractivity contribution in [2.24, 2.45) is 4.99 Å². The highest BCUT2D eigenvalue weighted by Crippen LogP contribution is 2.27. The summed E-state index contributed by atoms with van der Waals surface area (Å²) in [5.41, 5.74) is 5.45. The van der Waals surface area contributed by atoms with E-state index in [1.165, 1.54) is 47.7 Å². The van der Waals surface area contributed by atoms with Crippen molar-refractivity contribution in [3.05, 3.63) is 28.8 Å². The Hall–Kier alpha value is -1.51. The average molecular weight is 257 g/mol. The van der Waals surface area contributed by atoms with Gasteiger partial charge in [-0.1, -0.05) is 6.07 Å². The van der Waals surface area contributed by atoms with Gasteiger partial charge in [-0.25, -0.2) is 0 Å². The molecule has 1 aromatic rings. The van der Waals surface area contributed by atoms with Gasteiger partial charge in [0.1, 0.15) is 0 Å². The van der Waals surface area contributed by atoms with Crippen molar-refractivity contribution >= 4 is 11.6 Å². The Kier molecular flexibility index (Phi) is 3.21. The molecule has 2 heterocycles. The molecule has 0 unspecified atom stereocenters. The molecule has 2 aliphatic rings. The number of hydrogen-bond donors (Lipinski definition) is 0. The minimum Gasteiger partial charge on any atom is -0.341 e. The van der Waals surface area contributed by atoms with Crippen LogP contribution in [0.3, 0.4) is 0 Å². The fourth-order valence-corrected chi connectivity index (χ4v) is 3.08. The third-order valence-corrected chi connectivity index (χ3v) is 4.31. The van der Waals surface area contributed by atoms with E-state index < -0.39 is 0 Å². The Labute approximate surface area is 115 Å². The molecule has 0 aromatic heterocycles. The van der Waals surface area contributed by atoms with Gasteiger partial charge in [0.05, 0.1) is 6.54 Å². The Morgan fingerprint density at radius 1 is 0.895 bits per heavy atom. The maximum Gasteiger partial charge on any atom is 0.201 e. The van der Waals surface area contributed by atoms with Gasteiger partial charge in [-0.15, -0.1) is 0 Å². The van der Waals surface area contributed by atoms with Crippen molar-refractivity contribution in [2.75, 3.05) is 31.1 Å². The lowest BCUT2D eigenvalue weighted by Gasteiger charge is -2.29. The van der Waals surface area contributed by atoms with E-state index in [2.05, 4.69) is 42.7 Å². The standard InChI is InChI=1S/C16H23N3/c1-12-10-14(3)15(11-13(12)2)19-8-5-4-7-18-9-6-17-16(18)19/h10-11H,4-9H2,1-3H3. The molecule has 3 nitrogen and oxygen atoms in total. The van der Waals surface area contributed by atoms with Crippen molar-refractivity contribution in [1.29, 1.82) is 0 Å². The number of guanidine groups is 1. The molecule has 1 saturated heterocycles. The van der Waals surface area contributed by atoms with E-state index >= 15 is 0 Å². The van der Waals surface area contributed by atoms with Crippen molar-refractivity contribution in [2.45, 2.75) is 33.6 Å². The normalized spacial score (nSPS) is 19.2. The Balaban J connectivity index is 2.02. The Morgan fingerprint density at radius 2 is 1.63 bits per heavy atom. The van der Waals surface area contributed by atoms with Crippen molar-refractivity contribution in [3.63, 3.8) is 0 Å². The summed E-state index contributed by atoms with van der Waals surface area (Å²) in [6.45, 7) is 10.9. The zero-order valence-corrected chi connectivity index (χ0v) is 12.2. The molecule has 0 atom stereocenters. The van der Waals surface area contributed by atoms with Crippen LogP contribution in [0.15, 0.2) is 17.1 Å². The van der Waals surface area contributed by atoms with E-state index in [1.54, 1.807) is 0 Å². The summed E-state index contributed by atoms with van der Waals surface area (Å²) in [4.78, 5) is 9.62. The summed E-state index contributed by atoms with van der Waals surface area (Å²) in [7, 11) is 0. The summed E-state index contributed by atoms with van der Waals surface area (Å²) >= 11 is 0. The van der Waals surface area contributed by atoms with Crippen molar-refractivity contribution in [3.8, 4) is 0 Å². The second kappa shape index (κ2) is 4.87. The summed E-state index contributed by atoms with van der Waals surface area (Å²) in [6, 6.07) is 4.63. The molecule has 0 spiro atoms. The van der Waals surface area contributed by atoms with Crippen LogP contribution in [0.4, 0.5) is 5.69 Å². The minimum absolute atomic E-state index is 0.954. The number of rotatable bonds is 1. The number of aryl methyl sites for hydroxylation is 3. The van der Waals surface area contributed by atoms with Crippen LogP contribution in [-0.4, -0.2) is 37.0 Å². The molecule has 0 aliphatic carbocycles. The third-order valence-electron chi connectivity index (χ3n) is 4.31. The molecule has 0 radical (unpaired) electrons. The van der Waals surface area contributed by atoms with Gasteiger partial charge < -0.3 is 9.80 Å². The zero-order chi connectivity index (χ0) is 13.4. The van der Waals surface area contributed by atoms with Gasteiger partial charge in [-0.05, 0) is 56.4 Å². The van der Waals surface area contributed by atoms with E-state index in [0.717, 1.165) is 19.6 Å². The Bertz CT molecular complexity index is 519. The van der Waals surface area contributed by atoms with Gasteiger partial charge in [0.25, 0.3) is 0 Å². The quantitative estimate of drug-likeness (QED) is 0.770. The number of nitrogens with zero attached hydrogens (tertiary/aromatic N) is 3. The van der Waals surface area contributed by atoms with E-state index in [1.807, 2.05) is 0 Å². The molecule has 0 saturated carbocycles. The molecule has 2 aliphatic heterocycles. The maximum absolute atomic E-state index is 4.74. The van der Waals surface area contributed by atoms with E-state index in [9.17, 15) is 0 Å². The number of aliphatic imine (C=N–C) groups is 1. The molecule has 0 bridgehead atoms. The Morgan fingerprint density at radius 3 is 2.47 bits per heavy atom. The van der Waals surface area contributed by atoms with Crippen LogP contribution >= 0.6 is 0 Å². The lowest BCUT2D eigenvalue weighted by Crippen LogP contribution is -2.40. The second-order valence-electron chi connectivity index (χ2n) is 5.75. The topological polar surface area (TPSA) is 18.8 Å². The predicted molar refractivity (Wildman–Crippen MR) is 81.1 cm³/mol. The van der Waals surface area contributed by atoms with Crippen molar-refractivity contribution in [1.82, 2.24) is 4.90 Å². The highest BCUT2D eigenvalue weighted by Gasteiger charge is 2.27. The van der Waals surface area contributed by atoms with Crippen LogP contribution in [0.2, 0.25) is 0 Å². The monoisotopic (exact) mass is 257 g/mol. The average Bonchev–Trinajstić information content (AvgIpc) is 2.75. The minimum atomic E-state index is 0.954. The van der Waals surface area contributed by atoms with Crippen LogP contribution in [0.1, 0.15) is 29.5 Å². The first kappa shape index (κ1) is 12.5. The molecule has 1 fully saturated rings. The SMILES string of the molecule is Cc1cc(C)c(N2CCCCN3CCN=C32)cc1C. The van der Waals surface area contributed by atoms with E-state index in [0.29, 0.717) is 0 Å². The van der Waals surface area contributed by atoms with E-state index in [-0.39, 0.29) is 0 Å². The second-order valence-corrected chi connectivity index (χ2v) is 5.75. The number of fused-ring (bicyclic) bond motifs is 1. The number of anilines is 1. The largest absolute Gasteiger partial charge is 0.341 e. The van der Waals surface area contributed by atoms with Crippen LogP contribution in [-0.2, 0) is 0 Å². The maximum atomic E-state index is 4.74. The molecule has 1 aromatic carbocycles. The first-order chi connectivity index (χ1) is 9.16. The summed E-state index contributed by atoms with van der Waals surface area (Å²) in [5, 5.41) is 0. The van der Waals surface area contributed by atoms with Crippen LogP contribution in [0.25, 0.3) is 0 Å². The lowest BCUT2D eigenvalue weighted by atomic mass is 10.0. The van der Waals surface area contributed by atoms with Crippen molar-refractivity contribution < 1.29 is 0 Å². The third kappa shape index (κ3) is 2.22. The van der Waals surface area contributed by atoms with Gasteiger partial charge in [0.15, 0.2) is 0 Å². The molecule has 3 rings (SSSR count). The van der Waals surface area contributed by atoms with Gasteiger partial charge in [-0.2, -0.15) is 0 Å². The smallest absolute Gasteiger partial charge is 0.201 e. The summed E-state index contributed by atoms with van der Waals surface area (Å²) in [5.74, 6) is 1.20. The molecular weight excluding hydrogens is 234 g/mol. The molecule has 19 heavy (non-hydrogen) atoms. The van der Waals surface area contributed by atoms with Gasteiger partial charge >= 0.3 is 0 Å².